The Morgan fingerprint density at radius 2 is 1.80 bits per heavy atom. The van der Waals surface area contributed by atoms with E-state index in [1.54, 1.807) is 30.5 Å². The van der Waals surface area contributed by atoms with Gasteiger partial charge >= 0.3 is 6.09 Å². The summed E-state index contributed by atoms with van der Waals surface area (Å²) in [6.45, 7) is 0. The number of carboxylic acid groups (broad SMARTS) is 1. The molecular weight excluding hydrogens is 388 g/mol. The summed E-state index contributed by atoms with van der Waals surface area (Å²) < 4.78 is 5.08. The third kappa shape index (κ3) is 5.28. The van der Waals surface area contributed by atoms with Gasteiger partial charge in [-0.25, -0.2) is 4.79 Å². The monoisotopic (exact) mass is 410 g/mol. The Hall–Kier alpha value is -4.01. The first-order valence-electron chi connectivity index (χ1n) is 9.22. The average molecular weight is 410 g/mol. The first kappa shape index (κ1) is 20.7. The van der Waals surface area contributed by atoms with Crippen LogP contribution in [0.2, 0.25) is 0 Å². The fourth-order valence-corrected chi connectivity index (χ4v) is 3.07. The zero-order chi connectivity index (χ0) is 21.5. The number of aromatic nitrogens is 1. The van der Waals surface area contributed by atoms with E-state index in [0.717, 1.165) is 22.0 Å². The molecule has 30 heavy (non-hydrogen) atoms. The molecule has 1 aromatic heterocycles. The van der Waals surface area contributed by atoms with Crippen molar-refractivity contribution in [2.75, 3.05) is 7.11 Å². The van der Waals surface area contributed by atoms with Crippen molar-refractivity contribution in [2.24, 2.45) is 0 Å². The van der Waals surface area contributed by atoms with Crippen molar-refractivity contribution in [3.8, 4) is 5.75 Å². The van der Waals surface area contributed by atoms with Crippen LogP contribution in [0, 0.1) is 0 Å². The molecule has 2 aromatic carbocycles. The number of benzene rings is 2. The minimum atomic E-state index is -1.34. The van der Waals surface area contributed by atoms with Gasteiger partial charge in [-0.15, -0.1) is 0 Å². The van der Waals surface area contributed by atoms with E-state index in [2.05, 4.69) is 21.2 Å². The third-order valence-corrected chi connectivity index (χ3v) is 4.56. The van der Waals surface area contributed by atoms with E-state index in [-0.39, 0.29) is 12.8 Å². The van der Waals surface area contributed by atoms with Gasteiger partial charge in [-0.1, -0.05) is 30.3 Å². The molecule has 0 aliphatic rings. The van der Waals surface area contributed by atoms with E-state index in [4.69, 9.17) is 9.84 Å². The van der Waals surface area contributed by atoms with E-state index >= 15 is 0 Å². The van der Waals surface area contributed by atoms with E-state index in [0.29, 0.717) is 5.75 Å². The maximum atomic E-state index is 12.4. The summed E-state index contributed by atoms with van der Waals surface area (Å²) in [5.74, 6) is -0.442. The highest BCUT2D eigenvalue weighted by Crippen LogP contribution is 2.18. The molecule has 1 unspecified atom stereocenters. The van der Waals surface area contributed by atoms with Gasteiger partial charge in [0.05, 0.1) is 13.5 Å². The maximum Gasteiger partial charge on any atom is 0.405 e. The Kier molecular flexibility index (Phi) is 6.53. The van der Waals surface area contributed by atoms with Crippen molar-refractivity contribution < 1.29 is 24.2 Å². The Morgan fingerprint density at radius 3 is 2.50 bits per heavy atom. The molecule has 0 aliphatic heterocycles. The Bertz CT molecular complexity index is 1040. The van der Waals surface area contributed by atoms with Gasteiger partial charge < -0.3 is 20.1 Å². The predicted molar refractivity (Wildman–Crippen MR) is 110 cm³/mol. The number of carbonyl (C=O) groups is 3. The van der Waals surface area contributed by atoms with Gasteiger partial charge in [0.15, 0.2) is 0 Å². The van der Waals surface area contributed by atoms with Gasteiger partial charge in [0.2, 0.25) is 5.91 Å². The number of rotatable bonds is 7. The molecule has 9 nitrogen and oxygen atoms in total. The number of amides is 3. The molecular formula is C21H22N4O5. The maximum absolute atomic E-state index is 12.4. The minimum Gasteiger partial charge on any atom is -0.497 e. The number of H-pyrrole nitrogens is 1. The minimum absolute atomic E-state index is 0.0554. The molecule has 0 fully saturated rings. The molecule has 0 saturated heterocycles. The van der Waals surface area contributed by atoms with Gasteiger partial charge in [0.25, 0.3) is 5.91 Å². The zero-order valence-corrected chi connectivity index (χ0v) is 16.3. The number of para-hydroxylation sites is 1. The molecule has 0 radical (unpaired) electrons. The second-order valence-corrected chi connectivity index (χ2v) is 6.63. The molecule has 0 spiro atoms. The first-order valence-corrected chi connectivity index (χ1v) is 9.22. The number of carbonyl (C=O) groups excluding carboxylic acids is 2. The topological polar surface area (TPSA) is 133 Å². The fraction of sp³-hybridized carbons (Fsp3) is 0.190. The second kappa shape index (κ2) is 9.46. The third-order valence-electron chi connectivity index (χ3n) is 4.56. The summed E-state index contributed by atoms with van der Waals surface area (Å²) in [6, 6.07) is 13.4. The Labute approximate surface area is 172 Å². The molecule has 0 aliphatic carbocycles. The summed E-state index contributed by atoms with van der Waals surface area (Å²) in [5.41, 5.74) is 7.06. The normalized spacial score (nSPS) is 11.5. The summed E-state index contributed by atoms with van der Waals surface area (Å²) in [7, 11) is 1.54. The molecule has 3 aromatic rings. The Morgan fingerprint density at radius 1 is 1.07 bits per heavy atom. The van der Waals surface area contributed by atoms with Gasteiger partial charge in [-0.2, -0.15) is 0 Å². The molecule has 3 rings (SSSR count). The van der Waals surface area contributed by atoms with Crippen LogP contribution >= 0.6 is 0 Å². The standard InChI is InChI=1S/C21H22N4O5/c1-30-15-8-6-13(7-9-15)10-18(23-21(28)29)20(27)25-24-19(26)11-14-12-22-17-5-3-2-4-16(14)17/h2-9,12,18,22-23H,10-11H2,1H3,(H,24,26)(H,25,27)(H,28,29). The number of aromatic amines is 1. The van der Waals surface area contributed by atoms with Gasteiger partial charge in [-0.05, 0) is 29.3 Å². The van der Waals surface area contributed by atoms with Crippen LogP contribution in [0.15, 0.2) is 54.7 Å². The van der Waals surface area contributed by atoms with Crippen molar-refractivity contribution in [3.63, 3.8) is 0 Å². The van der Waals surface area contributed by atoms with Crippen LogP contribution in [0.1, 0.15) is 11.1 Å². The number of ether oxygens (including phenoxy) is 1. The lowest BCUT2D eigenvalue weighted by atomic mass is 10.1. The van der Waals surface area contributed by atoms with Crippen molar-refractivity contribution >= 4 is 28.8 Å². The lowest BCUT2D eigenvalue weighted by molar-refractivity contribution is -0.129. The van der Waals surface area contributed by atoms with Crippen LogP contribution in [-0.2, 0) is 22.4 Å². The molecule has 156 valence electrons. The van der Waals surface area contributed by atoms with E-state index in [9.17, 15) is 14.4 Å². The van der Waals surface area contributed by atoms with E-state index in [1.807, 2.05) is 24.3 Å². The summed E-state index contributed by atoms with van der Waals surface area (Å²) >= 11 is 0. The van der Waals surface area contributed by atoms with Gasteiger partial charge in [0.1, 0.15) is 11.8 Å². The number of methoxy groups -OCH3 is 1. The second-order valence-electron chi connectivity index (χ2n) is 6.63. The number of fused-ring (bicyclic) bond motifs is 1. The van der Waals surface area contributed by atoms with Gasteiger partial charge in [-0.3, -0.25) is 20.4 Å². The first-order chi connectivity index (χ1) is 14.5. The number of hydrogen-bond acceptors (Lipinski definition) is 4. The number of hydrogen-bond donors (Lipinski definition) is 5. The lowest BCUT2D eigenvalue weighted by Gasteiger charge is -2.17. The van der Waals surface area contributed by atoms with Crippen LogP contribution in [0.5, 0.6) is 5.75 Å². The van der Waals surface area contributed by atoms with Crippen LogP contribution in [0.3, 0.4) is 0 Å². The van der Waals surface area contributed by atoms with Crippen LogP contribution in [0.4, 0.5) is 4.79 Å². The SMILES string of the molecule is COc1ccc(CC(NC(=O)O)C(=O)NNC(=O)Cc2c[nH]c3ccccc23)cc1. The number of hydrazine groups is 1. The van der Waals surface area contributed by atoms with Crippen LogP contribution in [0.25, 0.3) is 10.9 Å². The molecule has 3 amide bonds. The molecule has 0 bridgehead atoms. The summed E-state index contributed by atoms with van der Waals surface area (Å²) in [4.78, 5) is 38.8. The van der Waals surface area contributed by atoms with Gasteiger partial charge in [0, 0.05) is 23.5 Å². The van der Waals surface area contributed by atoms with Crippen molar-refractivity contribution in [1.82, 2.24) is 21.2 Å². The average Bonchev–Trinajstić information content (AvgIpc) is 3.14. The molecule has 5 N–H and O–H groups in total. The number of nitrogens with one attached hydrogen (secondary N) is 4. The predicted octanol–water partition coefficient (Wildman–Crippen LogP) is 1.75. The van der Waals surface area contributed by atoms with Crippen molar-refractivity contribution in [3.05, 3.63) is 65.9 Å². The zero-order valence-electron chi connectivity index (χ0n) is 16.3. The van der Waals surface area contributed by atoms with E-state index in [1.165, 1.54) is 7.11 Å². The molecule has 9 heteroatoms. The molecule has 1 heterocycles. The largest absolute Gasteiger partial charge is 0.497 e. The smallest absolute Gasteiger partial charge is 0.405 e. The van der Waals surface area contributed by atoms with Crippen LogP contribution in [-0.4, -0.2) is 41.1 Å². The molecule has 0 saturated carbocycles. The highest BCUT2D eigenvalue weighted by molar-refractivity contribution is 5.91. The van der Waals surface area contributed by atoms with E-state index < -0.39 is 23.9 Å². The summed E-state index contributed by atoms with van der Waals surface area (Å²) in [6.07, 6.45) is 0.568. The molecule has 1 atom stereocenters. The highest BCUT2D eigenvalue weighted by Gasteiger charge is 2.22. The van der Waals surface area contributed by atoms with Crippen molar-refractivity contribution in [1.29, 1.82) is 0 Å². The lowest BCUT2D eigenvalue weighted by Crippen LogP contribution is -2.53. The van der Waals surface area contributed by atoms with Crippen LogP contribution < -0.4 is 20.9 Å². The summed E-state index contributed by atoms with van der Waals surface area (Å²) in [5, 5.41) is 12.1. The quantitative estimate of drug-likeness (QED) is 0.379. The van der Waals surface area contributed by atoms with Crippen molar-refractivity contribution in [2.45, 2.75) is 18.9 Å². The Balaban J connectivity index is 1.58. The highest BCUT2D eigenvalue weighted by atomic mass is 16.5. The fourth-order valence-electron chi connectivity index (χ4n) is 3.07.